The summed E-state index contributed by atoms with van der Waals surface area (Å²) in [7, 11) is 0. The highest BCUT2D eigenvalue weighted by Crippen LogP contribution is 2.54. The van der Waals surface area contributed by atoms with Gasteiger partial charge in [0.2, 0.25) is 0 Å². The average Bonchev–Trinajstić information content (AvgIpc) is 3.60. The van der Waals surface area contributed by atoms with Crippen LogP contribution in [0.2, 0.25) is 0 Å². The van der Waals surface area contributed by atoms with E-state index in [9.17, 15) is 9.59 Å². The third kappa shape index (κ3) is 4.30. The van der Waals surface area contributed by atoms with Gasteiger partial charge in [-0.15, -0.1) is 0 Å². The minimum Gasteiger partial charge on any atom is -0.271 e. The Labute approximate surface area is 298 Å². The zero-order valence-corrected chi connectivity index (χ0v) is 31.0. The molecule has 51 heavy (non-hydrogen) atoms. The molecule has 0 aliphatic rings. The predicted octanol–water partition coefficient (Wildman–Crippen LogP) is 12.6. The predicted molar refractivity (Wildman–Crippen MR) is 219 cm³/mol. The van der Waals surface area contributed by atoms with Crippen LogP contribution in [-0.4, -0.2) is 4.57 Å². The van der Waals surface area contributed by atoms with Gasteiger partial charge in [0.15, 0.2) is 0 Å². The van der Waals surface area contributed by atoms with E-state index in [-0.39, 0.29) is 28.0 Å². The molecule has 0 aliphatic carbocycles. The molecule has 0 N–H and O–H groups in total. The first-order valence-corrected chi connectivity index (χ1v) is 18.7. The first-order chi connectivity index (χ1) is 24.3. The Morgan fingerprint density at radius 2 is 0.961 bits per heavy atom. The summed E-state index contributed by atoms with van der Waals surface area (Å²) in [6, 6.07) is 30.8. The van der Waals surface area contributed by atoms with Crippen LogP contribution in [0.4, 0.5) is 0 Å². The van der Waals surface area contributed by atoms with Crippen molar-refractivity contribution in [2.45, 2.75) is 91.5 Å². The minimum absolute atomic E-state index is 0.0936. The summed E-state index contributed by atoms with van der Waals surface area (Å²) in [5, 5.41) is 12.4. The molecule has 1 aromatic heterocycles. The van der Waals surface area contributed by atoms with Gasteiger partial charge in [0.25, 0.3) is 11.1 Å². The van der Waals surface area contributed by atoms with Gasteiger partial charge in [-0.3, -0.25) is 14.2 Å². The SMILES string of the molecule is CCCCC(C)n1c(=O)c2c3cc(-c4ccccc4C(C)(C)C)c4ccc5ccc6c(-c7ccccc7C(C)(C)C)cc(c2c1=O)c1c6c5c4c31. The number of hydrogen-bond acceptors (Lipinski definition) is 2. The fraction of sp³-hybridized carbons (Fsp3) is 0.292. The fourth-order valence-electron chi connectivity index (χ4n) is 9.42. The van der Waals surface area contributed by atoms with Crippen LogP contribution in [0.25, 0.3) is 86.9 Å². The number of rotatable bonds is 6. The third-order valence-corrected chi connectivity index (χ3v) is 11.8. The molecular weight excluding hydrogens is 623 g/mol. The summed E-state index contributed by atoms with van der Waals surface area (Å²) in [5.74, 6) is 0. The Bertz CT molecular complexity index is 2730. The zero-order chi connectivity index (χ0) is 35.7. The number of unbranched alkanes of at least 4 members (excludes halogenated alkanes) is 1. The Morgan fingerprint density at radius 1 is 0.529 bits per heavy atom. The minimum atomic E-state index is -0.184. The average molecular weight is 668 g/mol. The van der Waals surface area contributed by atoms with Crippen molar-refractivity contribution in [3.63, 3.8) is 0 Å². The van der Waals surface area contributed by atoms with Gasteiger partial charge in [0.1, 0.15) is 0 Å². The summed E-state index contributed by atoms with van der Waals surface area (Å²) in [4.78, 5) is 29.7. The number of hydrogen-bond donors (Lipinski definition) is 0. The van der Waals surface area contributed by atoms with E-state index in [0.29, 0.717) is 10.8 Å². The topological polar surface area (TPSA) is 39.1 Å². The highest BCUT2D eigenvalue weighted by Gasteiger charge is 2.31. The Morgan fingerprint density at radius 3 is 1.39 bits per heavy atom. The van der Waals surface area contributed by atoms with E-state index in [4.69, 9.17) is 0 Å². The van der Waals surface area contributed by atoms with E-state index in [1.54, 1.807) is 4.57 Å². The van der Waals surface area contributed by atoms with E-state index in [1.165, 1.54) is 54.6 Å². The molecule has 3 heteroatoms. The molecule has 0 fully saturated rings. The van der Waals surface area contributed by atoms with Crippen LogP contribution in [0.5, 0.6) is 0 Å². The van der Waals surface area contributed by atoms with E-state index in [0.717, 1.165) is 51.9 Å². The standard InChI is InChI=1S/C48H45NO2/c1-9-10-15-26(2)49-45(50)43-34-24-32(28-16-11-13-18-36(28)47(3,4)5)30-22-20-27-21-23-31-33(29-17-12-14-19-37(29)48(6,7)8)25-35(44(43)46(49)51)42-40(31)38(27)39(30)41(34)42/h11-14,16-26H,9-10,15H2,1-8H3. The fourth-order valence-corrected chi connectivity index (χ4v) is 9.42. The third-order valence-electron chi connectivity index (χ3n) is 11.8. The van der Waals surface area contributed by atoms with Crippen LogP contribution >= 0.6 is 0 Å². The van der Waals surface area contributed by atoms with Crippen molar-refractivity contribution in [2.75, 3.05) is 0 Å². The van der Waals surface area contributed by atoms with Crippen molar-refractivity contribution in [2.24, 2.45) is 0 Å². The summed E-state index contributed by atoms with van der Waals surface area (Å²) in [6.07, 6.45) is 2.78. The Kier molecular flexibility index (Phi) is 6.73. The highest BCUT2D eigenvalue weighted by molar-refractivity contribution is 6.50. The molecule has 0 amide bonds. The van der Waals surface area contributed by atoms with Crippen molar-refractivity contribution in [1.82, 2.24) is 4.57 Å². The van der Waals surface area contributed by atoms with Gasteiger partial charge in [0.05, 0.1) is 10.8 Å². The second-order valence-electron chi connectivity index (χ2n) is 17.1. The van der Waals surface area contributed by atoms with Crippen molar-refractivity contribution < 1.29 is 0 Å². The summed E-state index contributed by atoms with van der Waals surface area (Å²) in [5.41, 5.74) is 6.60. The molecule has 9 rings (SSSR count). The van der Waals surface area contributed by atoms with E-state index in [1.807, 2.05) is 6.92 Å². The van der Waals surface area contributed by atoms with Crippen molar-refractivity contribution in [3.05, 3.63) is 117 Å². The van der Waals surface area contributed by atoms with Crippen molar-refractivity contribution in [1.29, 1.82) is 0 Å². The van der Waals surface area contributed by atoms with Crippen LogP contribution in [0.1, 0.15) is 91.8 Å². The smallest absolute Gasteiger partial charge is 0.262 e. The Balaban J connectivity index is 1.57. The lowest BCUT2D eigenvalue weighted by Gasteiger charge is -2.24. The summed E-state index contributed by atoms with van der Waals surface area (Å²) < 4.78 is 1.58. The second kappa shape index (κ2) is 10.7. The molecule has 0 saturated heterocycles. The molecule has 0 saturated carbocycles. The van der Waals surface area contributed by atoms with Crippen LogP contribution in [0.3, 0.4) is 0 Å². The first kappa shape index (κ1) is 31.9. The molecule has 8 aromatic carbocycles. The molecule has 3 nitrogen and oxygen atoms in total. The number of fused-ring (bicyclic) bond motifs is 3. The molecule has 0 spiro atoms. The molecule has 0 bridgehead atoms. The lowest BCUT2D eigenvalue weighted by molar-refractivity contribution is 0.469. The molecular formula is C48H45NO2. The lowest BCUT2D eigenvalue weighted by Crippen LogP contribution is -2.28. The second-order valence-corrected chi connectivity index (χ2v) is 17.1. The quantitative estimate of drug-likeness (QED) is 0.166. The van der Waals surface area contributed by atoms with Gasteiger partial charge in [-0.25, -0.2) is 0 Å². The number of nitrogens with zero attached hydrogens (tertiary/aromatic N) is 1. The number of benzene rings is 7. The van der Waals surface area contributed by atoms with Crippen LogP contribution < -0.4 is 11.1 Å². The zero-order valence-electron chi connectivity index (χ0n) is 31.0. The number of aromatic nitrogens is 1. The molecule has 9 aromatic rings. The maximum atomic E-state index is 14.9. The normalized spacial score (nSPS) is 13.8. The summed E-state index contributed by atoms with van der Waals surface area (Å²) >= 11 is 0. The molecule has 254 valence electrons. The molecule has 1 unspecified atom stereocenters. The largest absolute Gasteiger partial charge is 0.271 e. The van der Waals surface area contributed by atoms with Gasteiger partial charge < -0.3 is 0 Å². The monoisotopic (exact) mass is 667 g/mol. The van der Waals surface area contributed by atoms with E-state index < -0.39 is 0 Å². The lowest BCUT2D eigenvalue weighted by atomic mass is 9.80. The Hall–Kier alpha value is -5.02. The van der Waals surface area contributed by atoms with Crippen molar-refractivity contribution in [3.8, 4) is 22.3 Å². The molecule has 1 atom stereocenters. The van der Waals surface area contributed by atoms with E-state index >= 15 is 0 Å². The van der Waals surface area contributed by atoms with Gasteiger partial charge in [-0.05, 0) is 124 Å². The van der Waals surface area contributed by atoms with Gasteiger partial charge in [0, 0.05) is 6.04 Å². The maximum Gasteiger partial charge on any atom is 0.262 e. The van der Waals surface area contributed by atoms with Crippen LogP contribution in [-0.2, 0) is 10.8 Å². The van der Waals surface area contributed by atoms with E-state index in [2.05, 4.69) is 133 Å². The molecule has 1 heterocycles. The summed E-state index contributed by atoms with van der Waals surface area (Å²) in [6.45, 7) is 17.8. The highest BCUT2D eigenvalue weighted by atomic mass is 16.2. The first-order valence-electron chi connectivity index (χ1n) is 18.7. The molecule has 0 radical (unpaired) electrons. The van der Waals surface area contributed by atoms with Gasteiger partial charge in [-0.2, -0.15) is 0 Å². The van der Waals surface area contributed by atoms with Crippen LogP contribution in [0, 0.1) is 0 Å². The van der Waals surface area contributed by atoms with Gasteiger partial charge >= 0.3 is 0 Å². The van der Waals surface area contributed by atoms with Gasteiger partial charge in [-0.1, -0.05) is 134 Å². The molecule has 0 aliphatic heterocycles. The van der Waals surface area contributed by atoms with Crippen molar-refractivity contribution >= 4 is 64.6 Å². The van der Waals surface area contributed by atoms with Crippen LogP contribution in [0.15, 0.2) is 94.5 Å². The maximum absolute atomic E-state index is 14.9.